The van der Waals surface area contributed by atoms with Gasteiger partial charge >= 0.3 is 11.9 Å². The first-order chi connectivity index (χ1) is 20.0. The Kier molecular flexibility index (Phi) is 8.75. The van der Waals surface area contributed by atoms with E-state index >= 15 is 0 Å². The van der Waals surface area contributed by atoms with Gasteiger partial charge < -0.3 is 28.8 Å². The number of carbonyl (C=O) groups excluding carboxylic acids is 2. The van der Waals surface area contributed by atoms with Crippen molar-refractivity contribution in [2.45, 2.75) is 101 Å². The summed E-state index contributed by atoms with van der Waals surface area (Å²) < 4.78 is 28.5. The second-order valence-electron chi connectivity index (χ2n) is 12.6. The predicted octanol–water partition coefficient (Wildman–Crippen LogP) is 4.60. The van der Waals surface area contributed by atoms with Crippen molar-refractivity contribution in [3.63, 3.8) is 0 Å². The van der Waals surface area contributed by atoms with Crippen LogP contribution in [0.1, 0.15) is 83.3 Å². The van der Waals surface area contributed by atoms with E-state index in [0.717, 1.165) is 67.6 Å². The maximum Gasteiger partial charge on any atom is 0.339 e. The quantitative estimate of drug-likeness (QED) is 0.227. The molecule has 1 aromatic rings. The van der Waals surface area contributed by atoms with Gasteiger partial charge in [0.25, 0.3) is 0 Å². The van der Waals surface area contributed by atoms with Crippen molar-refractivity contribution < 1.29 is 38.4 Å². The normalized spacial score (nSPS) is 26.2. The van der Waals surface area contributed by atoms with Crippen LogP contribution >= 0.6 is 0 Å². The fraction of sp³-hybridized carbons (Fsp3) is 0.636. The Labute approximate surface area is 248 Å². The number of hydrogen-bond acceptors (Lipinski definition) is 9. The van der Waals surface area contributed by atoms with E-state index in [1.54, 1.807) is 6.08 Å². The molecule has 3 heterocycles. The number of nitrogens with zero attached hydrogens (tertiary/aromatic N) is 1. The number of carbonyl (C=O) groups is 2. The topological polar surface area (TPSA) is 104 Å². The second kappa shape index (κ2) is 12.0. The minimum Gasteiger partial charge on any atom is -0.469 e. The zero-order valence-corrected chi connectivity index (χ0v) is 25.6. The van der Waals surface area contributed by atoms with E-state index in [2.05, 4.69) is 24.0 Å². The van der Waals surface area contributed by atoms with E-state index in [0.29, 0.717) is 12.4 Å². The van der Waals surface area contributed by atoms with Crippen molar-refractivity contribution in [1.29, 1.82) is 0 Å². The molecule has 0 saturated carbocycles. The van der Waals surface area contributed by atoms with Gasteiger partial charge in [0.1, 0.15) is 6.10 Å². The summed E-state index contributed by atoms with van der Waals surface area (Å²) in [7, 11) is 1.24. The van der Waals surface area contributed by atoms with Crippen LogP contribution in [0.3, 0.4) is 0 Å². The molecule has 0 bridgehead atoms. The summed E-state index contributed by atoms with van der Waals surface area (Å²) in [5, 5.41) is 11.7. The summed E-state index contributed by atoms with van der Waals surface area (Å²) in [6, 6.07) is 4.10. The molecule has 0 radical (unpaired) electrons. The highest BCUT2D eigenvalue weighted by Crippen LogP contribution is 2.55. The Morgan fingerprint density at radius 2 is 1.98 bits per heavy atom. The van der Waals surface area contributed by atoms with Crippen LogP contribution in [-0.2, 0) is 30.2 Å². The minimum absolute atomic E-state index is 0.117. The Morgan fingerprint density at radius 3 is 2.71 bits per heavy atom. The van der Waals surface area contributed by atoms with E-state index in [1.807, 2.05) is 32.9 Å². The maximum atomic E-state index is 13.9. The van der Waals surface area contributed by atoms with Crippen LogP contribution in [0, 0.1) is 0 Å². The van der Waals surface area contributed by atoms with Gasteiger partial charge in [0, 0.05) is 25.5 Å². The third-order valence-electron chi connectivity index (χ3n) is 9.21. The van der Waals surface area contributed by atoms with Gasteiger partial charge in [-0.25, -0.2) is 4.79 Å². The summed E-state index contributed by atoms with van der Waals surface area (Å²) in [4.78, 5) is 28.8. The highest BCUT2D eigenvalue weighted by atomic mass is 16.7. The molecule has 42 heavy (non-hydrogen) atoms. The van der Waals surface area contributed by atoms with Crippen molar-refractivity contribution in [1.82, 2.24) is 4.90 Å². The van der Waals surface area contributed by atoms with Gasteiger partial charge in [0.15, 0.2) is 17.1 Å². The van der Waals surface area contributed by atoms with Gasteiger partial charge in [-0.15, -0.1) is 0 Å². The average Bonchev–Trinajstić information content (AvgIpc) is 3.62. The van der Waals surface area contributed by atoms with E-state index in [1.165, 1.54) is 7.11 Å². The smallest absolute Gasteiger partial charge is 0.339 e. The lowest BCUT2D eigenvalue weighted by atomic mass is 9.77. The molecule has 9 heteroatoms. The zero-order chi connectivity index (χ0) is 30.1. The lowest BCUT2D eigenvalue weighted by molar-refractivity contribution is -0.176. The van der Waals surface area contributed by atoms with Crippen molar-refractivity contribution in [2.75, 3.05) is 33.6 Å². The molecule has 0 aromatic heterocycles. The predicted molar refractivity (Wildman–Crippen MR) is 156 cm³/mol. The molecule has 1 fully saturated rings. The SMILES string of the molecule is CCCCOC(C)(C)/C=C/C[C@@](O)(CC(=O)OC)C(=O)O[C@@H]1C(C)=C[C@]23CCCN2CCc2cc4c(cc2[C@H]13)OCO4. The molecule has 0 unspecified atom stereocenters. The molecule has 3 aliphatic heterocycles. The zero-order valence-electron chi connectivity index (χ0n) is 25.6. The number of esters is 2. The highest BCUT2D eigenvalue weighted by molar-refractivity contribution is 5.86. The Bertz CT molecular complexity index is 1250. The summed E-state index contributed by atoms with van der Waals surface area (Å²) in [5.41, 5.74) is 0.180. The van der Waals surface area contributed by atoms with Crippen LogP contribution in [0.15, 0.2) is 35.9 Å². The minimum atomic E-state index is -2.10. The van der Waals surface area contributed by atoms with Crippen LogP contribution < -0.4 is 9.47 Å². The average molecular weight is 584 g/mol. The van der Waals surface area contributed by atoms with Crippen molar-refractivity contribution in [3.8, 4) is 11.5 Å². The van der Waals surface area contributed by atoms with E-state index in [-0.39, 0.29) is 24.7 Å². The summed E-state index contributed by atoms with van der Waals surface area (Å²) in [5.74, 6) is -0.276. The van der Waals surface area contributed by atoms with Crippen molar-refractivity contribution in [2.24, 2.45) is 0 Å². The molecule has 1 aromatic carbocycles. The molecule has 9 nitrogen and oxygen atoms in total. The number of benzene rings is 1. The summed E-state index contributed by atoms with van der Waals surface area (Å²) in [6.07, 6.45) is 9.32. The Hall–Kier alpha value is -2.88. The molecule has 5 rings (SSSR count). The van der Waals surface area contributed by atoms with Crippen LogP contribution in [0.4, 0.5) is 0 Å². The highest BCUT2D eigenvalue weighted by Gasteiger charge is 2.57. The molecule has 0 amide bonds. The molecule has 230 valence electrons. The first-order valence-corrected chi connectivity index (χ1v) is 15.2. The van der Waals surface area contributed by atoms with Crippen LogP contribution in [0.25, 0.3) is 0 Å². The van der Waals surface area contributed by atoms with Gasteiger partial charge in [0.05, 0.1) is 24.7 Å². The van der Waals surface area contributed by atoms with E-state index < -0.39 is 35.7 Å². The maximum absolute atomic E-state index is 13.9. The first-order valence-electron chi connectivity index (χ1n) is 15.2. The number of fused-ring (bicyclic) bond motifs is 3. The third kappa shape index (κ3) is 5.83. The van der Waals surface area contributed by atoms with Gasteiger partial charge in [-0.1, -0.05) is 31.6 Å². The van der Waals surface area contributed by atoms with E-state index in [9.17, 15) is 14.7 Å². The number of aliphatic hydroxyl groups is 1. The third-order valence-corrected chi connectivity index (χ3v) is 9.21. The molecule has 4 atom stereocenters. The van der Waals surface area contributed by atoms with Gasteiger partial charge in [-0.2, -0.15) is 0 Å². The lowest BCUT2D eigenvalue weighted by Gasteiger charge is -2.40. The van der Waals surface area contributed by atoms with Gasteiger partial charge in [0.2, 0.25) is 6.79 Å². The lowest BCUT2D eigenvalue weighted by Crippen LogP contribution is -2.49. The van der Waals surface area contributed by atoms with E-state index in [4.69, 9.17) is 23.7 Å². The van der Waals surface area contributed by atoms with Crippen LogP contribution in [-0.4, -0.2) is 78.4 Å². The van der Waals surface area contributed by atoms with Crippen LogP contribution in [0.2, 0.25) is 0 Å². The monoisotopic (exact) mass is 583 g/mol. The number of methoxy groups -OCH3 is 1. The van der Waals surface area contributed by atoms with Gasteiger partial charge in [-0.05, 0) is 81.8 Å². The first kappa shape index (κ1) is 30.6. The molecule has 4 aliphatic rings. The Balaban J connectivity index is 1.43. The largest absolute Gasteiger partial charge is 0.469 e. The summed E-state index contributed by atoms with van der Waals surface area (Å²) >= 11 is 0. The second-order valence-corrected chi connectivity index (χ2v) is 12.6. The number of unbranched alkanes of at least 4 members (excludes halogenated alkanes) is 1. The number of ether oxygens (including phenoxy) is 5. The standard InChI is InChI=1S/C33H45NO8/c1-6-7-16-41-31(3,4)11-8-13-33(37,20-27(35)38-5)30(36)42-29-22(2)19-32-12-9-14-34(32)15-10-23-17-25-26(40-21-39-25)18-24(23)28(29)32/h8,11,17-19,28-29,37H,6-7,9-10,12-16,20-21H2,1-5H3/b11-8+/t28-,29-,32+,33-/m1/s1. The number of hydrogen-bond donors (Lipinski definition) is 1. The molecule has 1 N–H and O–H groups in total. The molecule has 1 saturated heterocycles. The molecule has 1 spiro atoms. The fourth-order valence-electron chi connectivity index (χ4n) is 7.03. The molecule has 1 aliphatic carbocycles. The Morgan fingerprint density at radius 1 is 1.21 bits per heavy atom. The van der Waals surface area contributed by atoms with Crippen molar-refractivity contribution in [3.05, 3.63) is 47.1 Å². The molecular weight excluding hydrogens is 538 g/mol. The van der Waals surface area contributed by atoms with Crippen molar-refractivity contribution >= 4 is 11.9 Å². The molecular formula is C33H45NO8. The van der Waals surface area contributed by atoms with Crippen LogP contribution in [0.5, 0.6) is 11.5 Å². The fourth-order valence-corrected chi connectivity index (χ4v) is 7.03. The number of rotatable bonds is 11. The van der Waals surface area contributed by atoms with Gasteiger partial charge in [-0.3, -0.25) is 9.69 Å². The summed E-state index contributed by atoms with van der Waals surface area (Å²) in [6.45, 7) is 10.6.